The first-order valence-electron chi connectivity index (χ1n) is 32.9. The fourth-order valence-electron chi connectivity index (χ4n) is 13.0. The third kappa shape index (κ3) is 21.0. The van der Waals surface area contributed by atoms with E-state index in [4.69, 9.17) is 14.2 Å². The lowest BCUT2D eigenvalue weighted by Gasteiger charge is -2.38. The number of nitrogens with one attached hydrogen (secondary N) is 9. The summed E-state index contributed by atoms with van der Waals surface area (Å²) in [7, 11) is 5.56. The molecular weight excluding hydrogens is 1160 g/mol. The molecule has 3 aliphatic heterocycles. The average molecular weight is 1260 g/mol. The van der Waals surface area contributed by atoms with Crippen molar-refractivity contribution >= 4 is 35.6 Å². The fourth-order valence-corrected chi connectivity index (χ4v) is 13.0. The van der Waals surface area contributed by atoms with Crippen molar-refractivity contribution in [2.24, 2.45) is 22.2 Å². The lowest BCUT2D eigenvalue weighted by Crippen LogP contribution is -2.39. The Morgan fingerprint density at radius 1 is 0.396 bits per heavy atom. The first-order chi connectivity index (χ1) is 43.6. The zero-order valence-corrected chi connectivity index (χ0v) is 55.8. The summed E-state index contributed by atoms with van der Waals surface area (Å²) in [6.07, 6.45) is 7.63. The van der Waals surface area contributed by atoms with Crippen LogP contribution >= 0.6 is 0 Å². The zero-order chi connectivity index (χ0) is 66.1. The number of amides is 3. The van der Waals surface area contributed by atoms with Gasteiger partial charge in [-0.25, -0.2) is 14.4 Å². The lowest BCUT2D eigenvalue weighted by atomic mass is 9.72. The van der Waals surface area contributed by atoms with Crippen molar-refractivity contribution in [1.82, 2.24) is 62.6 Å². The van der Waals surface area contributed by atoms with Gasteiger partial charge in [-0.2, -0.15) is 15.8 Å². The normalized spacial score (nSPS) is 20.4. The standard InChI is InChI=1S/C67H103N15O9/c1-65(2)34-47(56(53(37-65)80-28-10-11-29-80)59(83)77-25-22-74-19-16-71-7)50(40-68)62(86)89-43-46(44-90-63(87)51(41-69)48-35-66(3,4)38-54(81-30-12-13-31-81)57(48)60(84)78-26-23-75-20-17-72-8)45-91-64(88)52(42-70)49-36-67(5,6)39-55(82-32-14-15-33-82)58(49)61(85)79-27-24-76-21-18-73-9/h46,71-76H,10-39,43-45H2,1-9H3,(H,77,83)(H,78,84)(H,79,85)/b50-47+,51-48+,52-49+. The molecule has 0 aromatic heterocycles. The van der Waals surface area contributed by atoms with Gasteiger partial charge in [-0.05, 0) is 131 Å². The molecule has 500 valence electrons. The number of nitriles is 3. The van der Waals surface area contributed by atoms with Gasteiger partial charge in [0.2, 0.25) is 0 Å². The summed E-state index contributed by atoms with van der Waals surface area (Å²) >= 11 is 0. The van der Waals surface area contributed by atoms with Crippen molar-refractivity contribution in [1.29, 1.82) is 15.8 Å². The summed E-state index contributed by atoms with van der Waals surface area (Å²) in [4.78, 5) is 94.0. The van der Waals surface area contributed by atoms with E-state index in [9.17, 15) is 44.6 Å². The summed E-state index contributed by atoms with van der Waals surface area (Å²) in [6.45, 7) is 21.1. The number of likely N-dealkylation sites (tertiary alicyclic amines) is 3. The summed E-state index contributed by atoms with van der Waals surface area (Å²) in [5.74, 6) is -5.64. The maximum atomic E-state index is 14.7. The minimum atomic E-state index is -1.18. The molecule has 0 unspecified atom stereocenters. The highest BCUT2D eigenvalue weighted by Gasteiger charge is 2.43. The summed E-state index contributed by atoms with van der Waals surface area (Å²) in [6, 6.07) is 6.23. The van der Waals surface area contributed by atoms with Gasteiger partial charge >= 0.3 is 17.9 Å². The van der Waals surface area contributed by atoms with Crippen molar-refractivity contribution in [3.05, 3.63) is 67.2 Å². The molecule has 0 bridgehead atoms. The molecule has 0 aromatic rings. The molecule has 0 atom stereocenters. The van der Waals surface area contributed by atoms with Crippen molar-refractivity contribution < 1.29 is 43.0 Å². The number of esters is 3. The number of ether oxygens (including phenoxy) is 3. The van der Waals surface area contributed by atoms with Crippen LogP contribution in [0.15, 0.2) is 67.2 Å². The first-order valence-corrected chi connectivity index (χ1v) is 32.9. The Hall–Kier alpha value is -7.11. The Morgan fingerprint density at radius 2 is 0.637 bits per heavy atom. The van der Waals surface area contributed by atoms with Crippen molar-refractivity contribution in [2.75, 3.05) is 159 Å². The van der Waals surface area contributed by atoms with E-state index in [0.717, 1.165) is 75.3 Å². The average Bonchev–Trinajstić information content (AvgIpc) is 1.64. The number of carbonyl (C=O) groups is 6. The molecule has 3 heterocycles. The van der Waals surface area contributed by atoms with Gasteiger partial charge in [0.05, 0.1) is 22.6 Å². The van der Waals surface area contributed by atoms with Crippen molar-refractivity contribution in [2.45, 2.75) is 119 Å². The number of nitrogens with zero attached hydrogens (tertiary/aromatic N) is 6. The summed E-state index contributed by atoms with van der Waals surface area (Å²) in [5, 5.41) is 61.1. The van der Waals surface area contributed by atoms with Crippen LogP contribution < -0.4 is 47.9 Å². The smallest absolute Gasteiger partial charge is 0.349 e. The van der Waals surface area contributed by atoms with E-state index in [0.29, 0.717) is 97.8 Å². The van der Waals surface area contributed by atoms with Crippen LogP contribution in [-0.2, 0) is 43.0 Å². The van der Waals surface area contributed by atoms with Gasteiger partial charge in [-0.1, -0.05) is 41.5 Å². The van der Waals surface area contributed by atoms with Crippen LogP contribution in [0.2, 0.25) is 0 Å². The highest BCUT2D eigenvalue weighted by molar-refractivity contribution is 6.06. The third-order valence-corrected chi connectivity index (χ3v) is 17.4. The van der Waals surface area contributed by atoms with E-state index in [1.165, 1.54) is 0 Å². The molecule has 0 spiro atoms. The quantitative estimate of drug-likeness (QED) is 0.0150. The molecule has 6 aliphatic rings. The second-order valence-corrected chi connectivity index (χ2v) is 27.0. The molecule has 0 saturated carbocycles. The van der Waals surface area contributed by atoms with Gasteiger partial charge in [0, 0.05) is 135 Å². The highest BCUT2D eigenvalue weighted by Crippen LogP contribution is 2.48. The SMILES string of the molecule is CNCCNCCNC(=O)C1=C(N2CCCC2)CC(C)(C)C/C1=C(/C#N)C(=O)OCC(COC(=O)/C(C#N)=C1\CC(C)(C)CC(N2CCCC2)=C1C(=O)NCCNCCNC)COC(=O)/C(C#N)=C1\CC(C)(C)CC(N2CCCC2)=C1C(=O)NCCNCCNC. The van der Waals surface area contributed by atoms with Gasteiger partial charge in [0.25, 0.3) is 17.7 Å². The van der Waals surface area contributed by atoms with E-state index >= 15 is 0 Å². The van der Waals surface area contributed by atoms with E-state index < -0.39 is 77.6 Å². The van der Waals surface area contributed by atoms with Crippen LogP contribution in [-0.4, -0.2) is 209 Å². The molecule has 9 N–H and O–H groups in total. The minimum Gasteiger partial charge on any atom is -0.461 e. The maximum Gasteiger partial charge on any atom is 0.349 e. The van der Waals surface area contributed by atoms with E-state index in [-0.39, 0.29) is 89.1 Å². The maximum absolute atomic E-state index is 14.7. The molecule has 91 heavy (non-hydrogen) atoms. The zero-order valence-electron chi connectivity index (χ0n) is 55.8. The second kappa shape index (κ2) is 35.6. The van der Waals surface area contributed by atoms with Crippen LogP contribution in [0, 0.1) is 56.2 Å². The third-order valence-electron chi connectivity index (χ3n) is 17.4. The fraction of sp³-hybridized carbons (Fsp3) is 0.687. The summed E-state index contributed by atoms with van der Waals surface area (Å²) < 4.78 is 18.0. The van der Waals surface area contributed by atoms with Crippen molar-refractivity contribution in [3.8, 4) is 18.2 Å². The lowest BCUT2D eigenvalue weighted by molar-refractivity contribution is -0.148. The Labute approximate surface area is 539 Å². The van der Waals surface area contributed by atoms with Gasteiger partial charge in [0.1, 0.15) is 54.7 Å². The number of allylic oxidation sites excluding steroid dienone is 3. The first kappa shape index (κ1) is 72.9. The number of carbonyl (C=O) groups excluding carboxylic acids is 6. The monoisotopic (exact) mass is 1260 g/mol. The number of hydrogen-bond acceptors (Lipinski definition) is 21. The Bertz CT molecular complexity index is 2630. The predicted molar refractivity (Wildman–Crippen MR) is 346 cm³/mol. The summed E-state index contributed by atoms with van der Waals surface area (Å²) in [5.41, 5.74) is 1.09. The van der Waals surface area contributed by atoms with Crippen LogP contribution in [0.3, 0.4) is 0 Å². The van der Waals surface area contributed by atoms with E-state index in [2.05, 4.69) is 80.8 Å². The molecule has 24 nitrogen and oxygen atoms in total. The predicted octanol–water partition coefficient (Wildman–Crippen LogP) is 2.98. The molecular formula is C67H103N15O9. The van der Waals surface area contributed by atoms with Gasteiger partial charge < -0.3 is 76.8 Å². The molecule has 3 aliphatic carbocycles. The Morgan fingerprint density at radius 3 is 0.868 bits per heavy atom. The van der Waals surface area contributed by atoms with Gasteiger partial charge in [-0.3, -0.25) is 14.4 Å². The Kier molecular flexibility index (Phi) is 28.6. The van der Waals surface area contributed by atoms with Crippen LogP contribution in [0.25, 0.3) is 0 Å². The topological polar surface area (TPSA) is 319 Å². The molecule has 6 rings (SSSR count). The van der Waals surface area contributed by atoms with Crippen LogP contribution in [0.1, 0.15) is 119 Å². The number of hydrogen-bond donors (Lipinski definition) is 9. The molecule has 3 amide bonds. The molecule has 0 aromatic carbocycles. The van der Waals surface area contributed by atoms with E-state index in [1.807, 2.05) is 62.7 Å². The number of likely N-dealkylation sites (N-methyl/N-ethyl adjacent to an activating group) is 3. The Balaban J connectivity index is 1.38. The van der Waals surface area contributed by atoms with Crippen LogP contribution in [0.4, 0.5) is 0 Å². The molecule has 3 fully saturated rings. The highest BCUT2D eigenvalue weighted by atomic mass is 16.6. The van der Waals surface area contributed by atoms with E-state index in [1.54, 1.807) is 0 Å². The van der Waals surface area contributed by atoms with Crippen LogP contribution in [0.5, 0.6) is 0 Å². The molecule has 0 radical (unpaired) electrons. The molecule has 24 heteroatoms. The van der Waals surface area contributed by atoms with Gasteiger partial charge in [-0.15, -0.1) is 0 Å². The van der Waals surface area contributed by atoms with Crippen molar-refractivity contribution in [3.63, 3.8) is 0 Å². The second-order valence-electron chi connectivity index (χ2n) is 27.0. The van der Waals surface area contributed by atoms with Gasteiger partial charge in [0.15, 0.2) is 0 Å². The largest absolute Gasteiger partial charge is 0.461 e. The minimum absolute atomic E-state index is 0.192. The molecule has 3 saturated heterocycles. The number of rotatable bonds is 33.